The molecule has 0 atom stereocenters. The molecular weight excluding hydrogens is 178 g/mol. The third-order valence-electron chi connectivity index (χ3n) is 1.99. The van der Waals surface area contributed by atoms with Crippen LogP contribution in [0.5, 0.6) is 0 Å². The van der Waals surface area contributed by atoms with Gasteiger partial charge in [0.25, 0.3) is 0 Å². The largest absolute Gasteiger partial charge is 0.361 e. The van der Waals surface area contributed by atoms with E-state index in [0.717, 1.165) is 5.75 Å². The Morgan fingerprint density at radius 2 is 2.23 bits per heavy atom. The van der Waals surface area contributed by atoms with Gasteiger partial charge in [-0.2, -0.15) is 12.6 Å². The van der Waals surface area contributed by atoms with E-state index in [1.54, 1.807) is 0 Å². The van der Waals surface area contributed by atoms with Gasteiger partial charge in [0, 0.05) is 17.5 Å². The molecule has 0 radical (unpaired) electrons. The highest BCUT2D eigenvalue weighted by Gasteiger charge is 1.93. The Hall–Kier alpha value is -1.15. The fourth-order valence-corrected chi connectivity index (χ4v) is 1.47. The van der Waals surface area contributed by atoms with Gasteiger partial charge in [0.2, 0.25) is 0 Å². The van der Waals surface area contributed by atoms with E-state index < -0.39 is 0 Å². The zero-order valence-electron chi connectivity index (χ0n) is 7.20. The smallest absolute Gasteiger partial charge is 0.0454 e. The lowest BCUT2D eigenvalue weighted by Crippen LogP contribution is -1.72. The van der Waals surface area contributed by atoms with Crippen molar-refractivity contribution in [2.75, 3.05) is 5.75 Å². The zero-order chi connectivity index (χ0) is 9.10. The van der Waals surface area contributed by atoms with Gasteiger partial charge in [-0.05, 0) is 29.1 Å². The fourth-order valence-electron chi connectivity index (χ4n) is 1.36. The number of hydrogen-bond donors (Lipinski definition) is 2. The van der Waals surface area contributed by atoms with E-state index in [1.165, 1.54) is 16.5 Å². The lowest BCUT2D eigenvalue weighted by Gasteiger charge is -1.93. The van der Waals surface area contributed by atoms with Crippen molar-refractivity contribution in [1.82, 2.24) is 4.98 Å². The topological polar surface area (TPSA) is 15.8 Å². The Labute approximate surface area is 82.9 Å². The molecular formula is C11H11NS. The van der Waals surface area contributed by atoms with E-state index in [0.29, 0.717) is 0 Å². The van der Waals surface area contributed by atoms with E-state index in [1.807, 2.05) is 12.3 Å². The maximum Gasteiger partial charge on any atom is 0.0454 e. The Bertz CT molecular complexity index is 428. The van der Waals surface area contributed by atoms with Crippen molar-refractivity contribution in [2.24, 2.45) is 0 Å². The SMILES string of the molecule is SCC=Cc1ccc2[nH]ccc2c1. The summed E-state index contributed by atoms with van der Waals surface area (Å²) in [5.41, 5.74) is 2.41. The normalized spacial score (nSPS) is 11.5. The van der Waals surface area contributed by atoms with Gasteiger partial charge in [-0.1, -0.05) is 18.2 Å². The van der Waals surface area contributed by atoms with Crippen LogP contribution in [-0.4, -0.2) is 10.7 Å². The highest BCUT2D eigenvalue weighted by molar-refractivity contribution is 7.80. The van der Waals surface area contributed by atoms with Crippen LogP contribution in [-0.2, 0) is 0 Å². The highest BCUT2D eigenvalue weighted by Crippen LogP contribution is 2.15. The monoisotopic (exact) mass is 189 g/mol. The third kappa shape index (κ3) is 1.78. The van der Waals surface area contributed by atoms with E-state index >= 15 is 0 Å². The number of rotatable bonds is 2. The molecule has 0 fully saturated rings. The van der Waals surface area contributed by atoms with Gasteiger partial charge < -0.3 is 4.98 Å². The molecule has 1 aromatic heterocycles. The minimum Gasteiger partial charge on any atom is -0.361 e. The van der Waals surface area contributed by atoms with Crippen LogP contribution >= 0.6 is 12.6 Å². The number of nitrogens with one attached hydrogen (secondary N) is 1. The predicted octanol–water partition coefficient (Wildman–Crippen LogP) is 3.11. The van der Waals surface area contributed by atoms with Gasteiger partial charge in [-0.25, -0.2) is 0 Å². The second-order valence-corrected chi connectivity index (χ2v) is 3.27. The van der Waals surface area contributed by atoms with Gasteiger partial charge in [0.05, 0.1) is 0 Å². The number of benzene rings is 1. The van der Waals surface area contributed by atoms with Crippen molar-refractivity contribution < 1.29 is 0 Å². The van der Waals surface area contributed by atoms with Gasteiger partial charge in [0.1, 0.15) is 0 Å². The molecule has 66 valence electrons. The summed E-state index contributed by atoms with van der Waals surface area (Å²) >= 11 is 4.12. The van der Waals surface area contributed by atoms with Crippen LogP contribution in [0.1, 0.15) is 5.56 Å². The van der Waals surface area contributed by atoms with E-state index in [-0.39, 0.29) is 0 Å². The van der Waals surface area contributed by atoms with Crippen molar-refractivity contribution in [3.8, 4) is 0 Å². The molecule has 13 heavy (non-hydrogen) atoms. The summed E-state index contributed by atoms with van der Waals surface area (Å²) < 4.78 is 0. The van der Waals surface area contributed by atoms with Gasteiger partial charge in [-0.3, -0.25) is 0 Å². The third-order valence-corrected chi connectivity index (χ3v) is 2.20. The van der Waals surface area contributed by atoms with Crippen LogP contribution < -0.4 is 0 Å². The van der Waals surface area contributed by atoms with Crippen LogP contribution in [0.25, 0.3) is 17.0 Å². The maximum absolute atomic E-state index is 4.12. The zero-order valence-corrected chi connectivity index (χ0v) is 8.09. The molecule has 1 N–H and O–H groups in total. The van der Waals surface area contributed by atoms with Crippen LogP contribution in [0.4, 0.5) is 0 Å². The molecule has 2 aromatic rings. The molecule has 0 saturated heterocycles. The maximum atomic E-state index is 4.12. The summed E-state index contributed by atoms with van der Waals surface area (Å²) in [4.78, 5) is 3.16. The summed E-state index contributed by atoms with van der Waals surface area (Å²) in [6.07, 6.45) is 6.08. The summed E-state index contributed by atoms with van der Waals surface area (Å²) in [6.45, 7) is 0. The molecule has 0 saturated carbocycles. The van der Waals surface area contributed by atoms with Crippen LogP contribution in [0.2, 0.25) is 0 Å². The number of hydrogen-bond acceptors (Lipinski definition) is 1. The molecule has 0 amide bonds. The van der Waals surface area contributed by atoms with E-state index in [2.05, 4.69) is 48.0 Å². The fraction of sp³-hybridized carbons (Fsp3) is 0.0909. The first kappa shape index (κ1) is 8.45. The average Bonchev–Trinajstić information content (AvgIpc) is 2.61. The first-order valence-corrected chi connectivity index (χ1v) is 4.88. The van der Waals surface area contributed by atoms with Crippen molar-refractivity contribution in [3.63, 3.8) is 0 Å². The highest BCUT2D eigenvalue weighted by atomic mass is 32.1. The molecule has 0 spiro atoms. The summed E-state index contributed by atoms with van der Waals surface area (Å²) in [7, 11) is 0. The van der Waals surface area contributed by atoms with Gasteiger partial charge >= 0.3 is 0 Å². The number of fused-ring (bicyclic) bond motifs is 1. The lowest BCUT2D eigenvalue weighted by atomic mass is 10.1. The van der Waals surface area contributed by atoms with E-state index in [9.17, 15) is 0 Å². The van der Waals surface area contributed by atoms with Crippen molar-refractivity contribution in [2.45, 2.75) is 0 Å². The first-order chi connectivity index (χ1) is 6.40. The lowest BCUT2D eigenvalue weighted by molar-refractivity contribution is 1.48. The molecule has 2 heteroatoms. The minimum absolute atomic E-state index is 0.783. The summed E-state index contributed by atoms with van der Waals surface area (Å²) in [6, 6.07) is 8.42. The molecule has 0 bridgehead atoms. The quantitative estimate of drug-likeness (QED) is 0.675. The molecule has 0 unspecified atom stereocenters. The molecule has 2 rings (SSSR count). The minimum atomic E-state index is 0.783. The number of thiol groups is 1. The first-order valence-electron chi connectivity index (χ1n) is 4.25. The molecule has 0 aliphatic carbocycles. The van der Waals surface area contributed by atoms with E-state index in [4.69, 9.17) is 0 Å². The van der Waals surface area contributed by atoms with Crippen molar-refractivity contribution >= 4 is 29.6 Å². The van der Waals surface area contributed by atoms with Crippen molar-refractivity contribution in [1.29, 1.82) is 0 Å². The molecule has 1 heterocycles. The standard InChI is InChI=1S/C11H11NS/c13-7-1-2-9-3-4-11-10(8-9)5-6-12-11/h1-6,8,12-13H,7H2. The Morgan fingerprint density at radius 3 is 3.08 bits per heavy atom. The van der Waals surface area contributed by atoms with Gasteiger partial charge in [0.15, 0.2) is 0 Å². The Balaban J connectivity index is 2.42. The predicted molar refractivity (Wildman–Crippen MR) is 61.2 cm³/mol. The Kier molecular flexibility index (Phi) is 2.41. The molecule has 1 nitrogen and oxygen atoms in total. The summed E-state index contributed by atoms with van der Waals surface area (Å²) in [5.74, 6) is 0.783. The van der Waals surface area contributed by atoms with Crippen molar-refractivity contribution in [3.05, 3.63) is 42.1 Å². The van der Waals surface area contributed by atoms with Crippen LogP contribution in [0.3, 0.4) is 0 Å². The average molecular weight is 189 g/mol. The molecule has 1 aromatic carbocycles. The van der Waals surface area contributed by atoms with Crippen LogP contribution in [0, 0.1) is 0 Å². The Morgan fingerprint density at radius 1 is 1.31 bits per heavy atom. The van der Waals surface area contributed by atoms with Crippen LogP contribution in [0.15, 0.2) is 36.5 Å². The van der Waals surface area contributed by atoms with Gasteiger partial charge in [-0.15, -0.1) is 0 Å². The number of aromatic amines is 1. The summed E-state index contributed by atoms with van der Waals surface area (Å²) in [5, 5.41) is 1.25. The number of H-pyrrole nitrogens is 1. The molecule has 0 aliphatic heterocycles. The number of aromatic nitrogens is 1. The second-order valence-electron chi connectivity index (χ2n) is 2.91. The second kappa shape index (κ2) is 3.71. The molecule has 0 aliphatic rings.